The van der Waals surface area contributed by atoms with Crippen LogP contribution < -0.4 is 5.32 Å². The Morgan fingerprint density at radius 3 is 2.77 bits per heavy atom. The van der Waals surface area contributed by atoms with Crippen molar-refractivity contribution in [1.29, 1.82) is 5.26 Å². The van der Waals surface area contributed by atoms with Gasteiger partial charge in [0, 0.05) is 11.1 Å². The minimum absolute atomic E-state index is 0.106. The molecule has 1 amide bonds. The first-order valence-electron chi connectivity index (χ1n) is 6.53. The van der Waals surface area contributed by atoms with E-state index < -0.39 is 17.8 Å². The van der Waals surface area contributed by atoms with E-state index in [4.69, 9.17) is 4.74 Å². The van der Waals surface area contributed by atoms with Gasteiger partial charge < -0.3 is 10.1 Å². The number of hydrogen-bond acceptors (Lipinski definition) is 6. The smallest absolute Gasteiger partial charge is 0.357 e. The summed E-state index contributed by atoms with van der Waals surface area (Å²) in [5, 5.41) is 13.6. The molecule has 1 N–H and O–H groups in total. The van der Waals surface area contributed by atoms with Crippen LogP contribution in [-0.2, 0) is 9.53 Å². The van der Waals surface area contributed by atoms with Crippen molar-refractivity contribution in [2.24, 2.45) is 0 Å². The van der Waals surface area contributed by atoms with Crippen LogP contribution in [0.4, 0.5) is 5.69 Å². The summed E-state index contributed by atoms with van der Waals surface area (Å²) in [6, 6.07) is 10.7. The number of carbonyl (C=O) groups excluding carboxylic acids is 2. The zero-order chi connectivity index (χ0) is 15.9. The number of rotatable bonds is 5. The van der Waals surface area contributed by atoms with Crippen LogP contribution in [0.5, 0.6) is 0 Å². The van der Waals surface area contributed by atoms with Crippen molar-refractivity contribution < 1.29 is 14.3 Å². The monoisotopic (exact) mass is 315 g/mol. The first-order valence-corrected chi connectivity index (χ1v) is 7.41. The van der Waals surface area contributed by atoms with Crippen LogP contribution in [0, 0.1) is 11.3 Å². The number of nitrogens with zero attached hydrogens (tertiary/aromatic N) is 2. The lowest BCUT2D eigenvalue weighted by atomic mass is 10.1. The van der Waals surface area contributed by atoms with Crippen molar-refractivity contribution in [3.8, 4) is 6.07 Å². The van der Waals surface area contributed by atoms with Gasteiger partial charge in [0.25, 0.3) is 0 Å². The number of nitrogens with one attached hydrogen (secondary N) is 1. The molecule has 6 nitrogen and oxygen atoms in total. The normalized spacial score (nSPS) is 11.3. The maximum atomic E-state index is 12.2. The van der Waals surface area contributed by atoms with Gasteiger partial charge in [-0.1, -0.05) is 18.2 Å². The second kappa shape index (κ2) is 7.33. The highest BCUT2D eigenvalue weighted by Crippen LogP contribution is 2.22. The van der Waals surface area contributed by atoms with Gasteiger partial charge in [0.05, 0.1) is 12.7 Å². The summed E-state index contributed by atoms with van der Waals surface area (Å²) in [6.07, 6.45) is 0. The van der Waals surface area contributed by atoms with Gasteiger partial charge in [0.2, 0.25) is 5.91 Å². The zero-order valence-corrected chi connectivity index (χ0v) is 12.6. The molecule has 2 rings (SSSR count). The average molecular weight is 315 g/mol. The molecule has 0 aliphatic carbocycles. The number of anilines is 1. The van der Waals surface area contributed by atoms with Gasteiger partial charge in [-0.2, -0.15) is 5.26 Å². The average Bonchev–Trinajstić information content (AvgIpc) is 2.99. The molecule has 0 radical (unpaired) electrons. The van der Waals surface area contributed by atoms with Crippen molar-refractivity contribution in [2.45, 2.75) is 12.8 Å². The molecule has 0 spiro atoms. The van der Waals surface area contributed by atoms with Crippen molar-refractivity contribution in [1.82, 2.24) is 4.98 Å². The van der Waals surface area contributed by atoms with E-state index in [9.17, 15) is 14.9 Å². The number of para-hydroxylation sites is 1. The molecule has 0 aliphatic rings. The fourth-order valence-electron chi connectivity index (χ4n) is 1.68. The summed E-state index contributed by atoms with van der Waals surface area (Å²) in [7, 11) is 0. The van der Waals surface area contributed by atoms with E-state index in [-0.39, 0.29) is 17.3 Å². The van der Waals surface area contributed by atoms with Gasteiger partial charge in [0.1, 0.15) is 5.01 Å². The molecule has 1 aromatic carbocycles. The molecule has 1 heterocycles. The fourth-order valence-corrected chi connectivity index (χ4v) is 2.51. The van der Waals surface area contributed by atoms with Gasteiger partial charge in [-0.3, -0.25) is 4.79 Å². The van der Waals surface area contributed by atoms with Crippen molar-refractivity contribution in [3.05, 3.63) is 46.4 Å². The van der Waals surface area contributed by atoms with Crippen LogP contribution in [0.3, 0.4) is 0 Å². The molecule has 0 aliphatic heterocycles. The number of esters is 1. The van der Waals surface area contributed by atoms with Crippen molar-refractivity contribution in [3.63, 3.8) is 0 Å². The minimum atomic E-state index is -1.08. The van der Waals surface area contributed by atoms with E-state index in [0.29, 0.717) is 5.69 Å². The quantitative estimate of drug-likeness (QED) is 0.856. The summed E-state index contributed by atoms with van der Waals surface area (Å²) < 4.78 is 4.83. The lowest BCUT2D eigenvalue weighted by molar-refractivity contribution is -0.116. The second-order valence-electron chi connectivity index (χ2n) is 4.21. The predicted molar refractivity (Wildman–Crippen MR) is 81.5 cm³/mol. The van der Waals surface area contributed by atoms with E-state index in [2.05, 4.69) is 10.3 Å². The molecular weight excluding hydrogens is 302 g/mol. The Hall–Kier alpha value is -2.72. The minimum Gasteiger partial charge on any atom is -0.461 e. The molecule has 0 saturated carbocycles. The summed E-state index contributed by atoms with van der Waals surface area (Å²) in [4.78, 5) is 27.8. The number of hydrogen-bond donors (Lipinski definition) is 1. The number of nitriles is 1. The van der Waals surface area contributed by atoms with Crippen molar-refractivity contribution >= 4 is 28.9 Å². The highest BCUT2D eigenvalue weighted by atomic mass is 32.1. The third-order valence-corrected chi connectivity index (χ3v) is 3.60. The van der Waals surface area contributed by atoms with Gasteiger partial charge in [0.15, 0.2) is 11.6 Å². The molecular formula is C15H13N3O3S. The Kier molecular flexibility index (Phi) is 5.22. The number of thiazole rings is 1. The molecule has 112 valence electrons. The molecule has 2 aromatic rings. The first-order chi connectivity index (χ1) is 10.7. The van der Waals surface area contributed by atoms with Crippen molar-refractivity contribution in [2.75, 3.05) is 11.9 Å². The molecule has 0 saturated heterocycles. The molecule has 7 heteroatoms. The lowest BCUT2D eigenvalue weighted by Gasteiger charge is -2.07. The SMILES string of the molecule is CCOC(=O)c1csc([C@@H](C#N)C(=O)Nc2ccccc2)n1. The van der Waals surface area contributed by atoms with E-state index in [0.717, 1.165) is 11.3 Å². The zero-order valence-electron chi connectivity index (χ0n) is 11.8. The summed E-state index contributed by atoms with van der Waals surface area (Å²) >= 11 is 1.08. The number of amides is 1. The Morgan fingerprint density at radius 1 is 1.41 bits per heavy atom. The van der Waals surface area contributed by atoms with Gasteiger partial charge in [-0.05, 0) is 19.1 Å². The third kappa shape index (κ3) is 3.68. The highest BCUT2D eigenvalue weighted by Gasteiger charge is 2.25. The van der Waals surface area contributed by atoms with Crippen LogP contribution in [0.2, 0.25) is 0 Å². The molecule has 1 atom stereocenters. The van der Waals surface area contributed by atoms with E-state index in [1.807, 2.05) is 12.1 Å². The van der Waals surface area contributed by atoms with Gasteiger partial charge >= 0.3 is 5.97 Å². The summed E-state index contributed by atoms with van der Waals surface area (Å²) in [6.45, 7) is 1.93. The Bertz CT molecular complexity index is 706. The van der Waals surface area contributed by atoms with Gasteiger partial charge in [-0.15, -0.1) is 11.3 Å². The lowest BCUT2D eigenvalue weighted by Crippen LogP contribution is -2.20. The fraction of sp³-hybridized carbons (Fsp3) is 0.200. The van der Waals surface area contributed by atoms with Crippen LogP contribution in [0.25, 0.3) is 0 Å². The van der Waals surface area contributed by atoms with Crippen LogP contribution in [0.1, 0.15) is 28.3 Å². The first kappa shape index (κ1) is 15.7. The molecule has 0 bridgehead atoms. The standard InChI is InChI=1S/C15H13N3O3S/c1-2-21-15(20)12-9-22-14(18-12)11(8-16)13(19)17-10-6-4-3-5-7-10/h3-7,9,11H,2H2,1H3,(H,17,19)/t11-/m0/s1. The number of aromatic nitrogens is 1. The maximum absolute atomic E-state index is 12.2. The summed E-state index contributed by atoms with van der Waals surface area (Å²) in [5.41, 5.74) is 0.699. The molecule has 1 aromatic heterocycles. The number of carbonyl (C=O) groups is 2. The Morgan fingerprint density at radius 2 is 2.14 bits per heavy atom. The summed E-state index contributed by atoms with van der Waals surface area (Å²) in [5.74, 6) is -2.13. The third-order valence-electron chi connectivity index (χ3n) is 2.69. The number of ether oxygens (including phenoxy) is 1. The molecule has 22 heavy (non-hydrogen) atoms. The van der Waals surface area contributed by atoms with E-state index in [1.54, 1.807) is 31.2 Å². The van der Waals surface area contributed by atoms with Crippen LogP contribution in [0.15, 0.2) is 35.7 Å². The van der Waals surface area contributed by atoms with Crippen LogP contribution in [-0.4, -0.2) is 23.5 Å². The predicted octanol–water partition coefficient (Wildman–Crippen LogP) is 2.57. The second-order valence-corrected chi connectivity index (χ2v) is 5.10. The Labute approximate surface area is 131 Å². The molecule has 0 fully saturated rings. The Balaban J connectivity index is 2.13. The van der Waals surface area contributed by atoms with E-state index >= 15 is 0 Å². The van der Waals surface area contributed by atoms with E-state index in [1.165, 1.54) is 5.38 Å². The maximum Gasteiger partial charge on any atom is 0.357 e. The topological polar surface area (TPSA) is 92.1 Å². The van der Waals surface area contributed by atoms with Crippen LogP contribution >= 0.6 is 11.3 Å². The highest BCUT2D eigenvalue weighted by molar-refractivity contribution is 7.10. The van der Waals surface area contributed by atoms with Gasteiger partial charge in [-0.25, -0.2) is 9.78 Å². The molecule has 0 unspecified atom stereocenters. The number of benzene rings is 1. The largest absolute Gasteiger partial charge is 0.461 e.